The Bertz CT molecular complexity index is 1120. The number of fused-ring (bicyclic) bond motifs is 1. The van der Waals surface area contributed by atoms with E-state index in [9.17, 15) is 4.79 Å². The van der Waals surface area contributed by atoms with Gasteiger partial charge in [0.15, 0.2) is 10.9 Å². The Morgan fingerprint density at radius 1 is 1.03 bits per heavy atom. The summed E-state index contributed by atoms with van der Waals surface area (Å²) in [5.41, 5.74) is 1.95. The van der Waals surface area contributed by atoms with E-state index in [0.29, 0.717) is 39.2 Å². The van der Waals surface area contributed by atoms with Crippen molar-refractivity contribution in [3.63, 3.8) is 0 Å². The molecule has 0 fully saturated rings. The highest BCUT2D eigenvalue weighted by molar-refractivity contribution is 7.14. The highest BCUT2D eigenvalue weighted by Gasteiger charge is 2.19. The summed E-state index contributed by atoms with van der Waals surface area (Å²) in [6.07, 6.45) is 0. The molecule has 2 heterocycles. The van der Waals surface area contributed by atoms with Crippen molar-refractivity contribution in [2.45, 2.75) is 0 Å². The molecule has 0 saturated heterocycles. The molecule has 2 aromatic heterocycles. The van der Waals surface area contributed by atoms with Crippen LogP contribution in [0.15, 0.2) is 52.3 Å². The van der Waals surface area contributed by atoms with Crippen LogP contribution < -0.4 is 19.5 Å². The monoisotopic (exact) mass is 410 g/mol. The second kappa shape index (κ2) is 7.84. The Morgan fingerprint density at radius 2 is 1.76 bits per heavy atom. The van der Waals surface area contributed by atoms with Crippen molar-refractivity contribution < 1.29 is 23.4 Å². The lowest BCUT2D eigenvalue weighted by Gasteiger charge is -2.13. The molecular formula is C21H18N2O5S. The van der Waals surface area contributed by atoms with Crippen LogP contribution in [0.3, 0.4) is 0 Å². The molecule has 0 bridgehead atoms. The fourth-order valence-corrected chi connectivity index (χ4v) is 3.65. The summed E-state index contributed by atoms with van der Waals surface area (Å²) in [7, 11) is 4.70. The predicted octanol–water partition coefficient (Wildman–Crippen LogP) is 4.83. The topological polar surface area (TPSA) is 82.8 Å². The zero-order chi connectivity index (χ0) is 20.4. The third-order valence-corrected chi connectivity index (χ3v) is 5.10. The summed E-state index contributed by atoms with van der Waals surface area (Å²) < 4.78 is 21.8. The number of nitrogens with one attached hydrogen (secondary N) is 1. The Balaban J connectivity index is 1.62. The molecule has 4 rings (SSSR count). The quantitative estimate of drug-likeness (QED) is 0.490. The van der Waals surface area contributed by atoms with Crippen LogP contribution >= 0.6 is 11.3 Å². The third-order valence-electron chi connectivity index (χ3n) is 4.35. The predicted molar refractivity (Wildman–Crippen MR) is 111 cm³/mol. The van der Waals surface area contributed by atoms with Crippen LogP contribution in [0.4, 0.5) is 5.13 Å². The van der Waals surface area contributed by atoms with E-state index < -0.39 is 0 Å². The number of anilines is 1. The van der Waals surface area contributed by atoms with Gasteiger partial charge in [0.05, 0.1) is 32.6 Å². The van der Waals surface area contributed by atoms with Gasteiger partial charge in [0, 0.05) is 22.9 Å². The minimum Gasteiger partial charge on any atom is -0.496 e. The van der Waals surface area contributed by atoms with Gasteiger partial charge in [-0.25, -0.2) is 4.98 Å². The average Bonchev–Trinajstić information content (AvgIpc) is 3.39. The lowest BCUT2D eigenvalue weighted by molar-refractivity contribution is 0.0998. The number of benzene rings is 2. The van der Waals surface area contributed by atoms with Crippen molar-refractivity contribution in [3.8, 4) is 28.5 Å². The van der Waals surface area contributed by atoms with Gasteiger partial charge in [-0.05, 0) is 12.1 Å². The number of thiazole rings is 1. The largest absolute Gasteiger partial charge is 0.496 e. The number of carbonyl (C=O) groups is 1. The van der Waals surface area contributed by atoms with Gasteiger partial charge < -0.3 is 18.6 Å². The molecule has 148 valence electrons. The fraction of sp³-hybridized carbons (Fsp3) is 0.143. The van der Waals surface area contributed by atoms with Gasteiger partial charge in [-0.1, -0.05) is 18.2 Å². The van der Waals surface area contributed by atoms with Crippen LogP contribution in [-0.4, -0.2) is 32.2 Å². The molecule has 0 atom stereocenters. The summed E-state index contributed by atoms with van der Waals surface area (Å²) in [5.74, 6) is 1.58. The zero-order valence-electron chi connectivity index (χ0n) is 16.0. The first kappa shape index (κ1) is 18.8. The van der Waals surface area contributed by atoms with E-state index in [0.717, 1.165) is 5.39 Å². The number of hydrogen-bond donors (Lipinski definition) is 1. The van der Waals surface area contributed by atoms with Crippen molar-refractivity contribution >= 4 is 33.3 Å². The maximum atomic E-state index is 12.6. The number of rotatable bonds is 6. The molecule has 0 aliphatic rings. The highest BCUT2D eigenvalue weighted by Crippen LogP contribution is 2.42. The molecule has 0 saturated carbocycles. The Hall–Kier alpha value is -3.52. The molecular weight excluding hydrogens is 392 g/mol. The Labute approximate surface area is 170 Å². The maximum Gasteiger partial charge on any atom is 0.293 e. The number of para-hydroxylation sites is 1. The molecule has 0 unspecified atom stereocenters. The maximum absolute atomic E-state index is 12.6. The van der Waals surface area contributed by atoms with Gasteiger partial charge in [0.2, 0.25) is 0 Å². The summed E-state index contributed by atoms with van der Waals surface area (Å²) in [4.78, 5) is 17.1. The SMILES string of the molecule is COc1cc(OC)c(-c2csc(NC(=O)c3cc4ccccc4o3)n2)c(OC)c1. The number of nitrogens with zero attached hydrogens (tertiary/aromatic N) is 1. The number of ether oxygens (including phenoxy) is 3. The molecule has 0 aliphatic heterocycles. The number of amides is 1. The van der Waals surface area contributed by atoms with E-state index in [1.54, 1.807) is 39.5 Å². The Kier molecular flexibility index (Phi) is 5.09. The number of aromatic nitrogens is 1. The lowest BCUT2D eigenvalue weighted by Crippen LogP contribution is -2.10. The van der Waals surface area contributed by atoms with E-state index in [1.165, 1.54) is 11.3 Å². The molecule has 1 N–H and O–H groups in total. The van der Waals surface area contributed by atoms with Crippen LogP contribution in [0, 0.1) is 0 Å². The van der Waals surface area contributed by atoms with E-state index in [4.69, 9.17) is 18.6 Å². The average molecular weight is 410 g/mol. The van der Waals surface area contributed by atoms with Gasteiger partial charge in [0.1, 0.15) is 22.8 Å². The van der Waals surface area contributed by atoms with Crippen LogP contribution in [0.25, 0.3) is 22.2 Å². The van der Waals surface area contributed by atoms with E-state index in [2.05, 4.69) is 10.3 Å². The van der Waals surface area contributed by atoms with Gasteiger partial charge in [0.25, 0.3) is 5.91 Å². The van der Waals surface area contributed by atoms with Crippen LogP contribution in [-0.2, 0) is 0 Å². The molecule has 2 aromatic carbocycles. The second-order valence-corrected chi connectivity index (χ2v) is 6.91. The van der Waals surface area contributed by atoms with E-state index >= 15 is 0 Å². The minimum atomic E-state index is -0.365. The number of methoxy groups -OCH3 is 3. The fourth-order valence-electron chi connectivity index (χ4n) is 2.96. The van der Waals surface area contributed by atoms with Gasteiger partial charge >= 0.3 is 0 Å². The second-order valence-electron chi connectivity index (χ2n) is 6.05. The van der Waals surface area contributed by atoms with Crippen molar-refractivity contribution in [3.05, 3.63) is 53.6 Å². The van der Waals surface area contributed by atoms with E-state index in [-0.39, 0.29) is 11.7 Å². The van der Waals surface area contributed by atoms with E-state index in [1.807, 2.05) is 29.6 Å². The number of carbonyl (C=O) groups excluding carboxylic acids is 1. The molecule has 4 aromatic rings. The molecule has 0 aliphatic carbocycles. The summed E-state index contributed by atoms with van der Waals surface area (Å²) >= 11 is 1.30. The van der Waals surface area contributed by atoms with Gasteiger partial charge in [-0.3, -0.25) is 10.1 Å². The van der Waals surface area contributed by atoms with Crippen LogP contribution in [0.5, 0.6) is 17.2 Å². The minimum absolute atomic E-state index is 0.225. The normalized spacial score (nSPS) is 10.7. The summed E-state index contributed by atoms with van der Waals surface area (Å²) in [6.45, 7) is 0. The zero-order valence-corrected chi connectivity index (χ0v) is 16.8. The lowest BCUT2D eigenvalue weighted by atomic mass is 10.1. The van der Waals surface area contributed by atoms with Crippen molar-refractivity contribution in [1.29, 1.82) is 0 Å². The molecule has 0 spiro atoms. The first-order valence-electron chi connectivity index (χ1n) is 8.68. The highest BCUT2D eigenvalue weighted by atomic mass is 32.1. The van der Waals surface area contributed by atoms with Crippen molar-refractivity contribution in [2.75, 3.05) is 26.6 Å². The smallest absolute Gasteiger partial charge is 0.293 e. The molecule has 7 nitrogen and oxygen atoms in total. The molecule has 0 radical (unpaired) electrons. The summed E-state index contributed by atoms with van der Waals surface area (Å²) in [5, 5.41) is 5.90. The Morgan fingerprint density at radius 3 is 2.41 bits per heavy atom. The first-order valence-corrected chi connectivity index (χ1v) is 9.56. The van der Waals surface area contributed by atoms with Crippen molar-refractivity contribution in [1.82, 2.24) is 4.98 Å². The van der Waals surface area contributed by atoms with Crippen LogP contribution in [0.2, 0.25) is 0 Å². The number of furan rings is 1. The van der Waals surface area contributed by atoms with Gasteiger partial charge in [-0.15, -0.1) is 11.3 Å². The molecule has 1 amide bonds. The number of hydrogen-bond acceptors (Lipinski definition) is 7. The van der Waals surface area contributed by atoms with Crippen molar-refractivity contribution in [2.24, 2.45) is 0 Å². The standard InChI is InChI=1S/C21H18N2O5S/c1-25-13-9-16(26-2)19(17(10-13)27-3)14-11-29-21(22-14)23-20(24)18-8-12-6-4-5-7-15(12)28-18/h4-11H,1-3H3,(H,22,23,24). The first-order chi connectivity index (χ1) is 14.1. The van der Waals surface area contributed by atoms with Crippen LogP contribution in [0.1, 0.15) is 10.6 Å². The molecule has 8 heteroatoms. The van der Waals surface area contributed by atoms with Gasteiger partial charge in [-0.2, -0.15) is 0 Å². The molecule has 29 heavy (non-hydrogen) atoms. The summed E-state index contributed by atoms with van der Waals surface area (Å²) in [6, 6.07) is 12.7. The third kappa shape index (κ3) is 3.62.